The number of nitrogens with zero attached hydrogens (tertiary/aromatic N) is 5. The van der Waals surface area contributed by atoms with Gasteiger partial charge in [0.15, 0.2) is 5.78 Å². The molecule has 9 heteroatoms. The molecule has 0 N–H and O–H groups in total. The first kappa shape index (κ1) is 21.3. The molecular formula is C23H24ClN5O2S. The van der Waals surface area contributed by atoms with Crippen LogP contribution in [0, 0.1) is 5.41 Å². The van der Waals surface area contributed by atoms with E-state index in [1.807, 2.05) is 16.3 Å². The minimum atomic E-state index is -0.159. The summed E-state index contributed by atoms with van der Waals surface area (Å²) in [6, 6.07) is 6.02. The number of ketones is 1. The lowest BCUT2D eigenvalue weighted by Gasteiger charge is -2.25. The van der Waals surface area contributed by atoms with Crippen LogP contribution >= 0.6 is 22.9 Å². The number of carbonyl (C=O) groups excluding carboxylic acids is 2. The third-order valence-corrected chi connectivity index (χ3v) is 7.71. The van der Waals surface area contributed by atoms with Crippen molar-refractivity contribution in [2.24, 2.45) is 5.41 Å². The first-order chi connectivity index (χ1) is 15.4. The minimum Gasteiger partial charge on any atom is -0.322 e. The van der Waals surface area contributed by atoms with Crippen molar-refractivity contribution in [2.75, 3.05) is 26.2 Å². The van der Waals surface area contributed by atoms with Crippen molar-refractivity contribution in [2.45, 2.75) is 26.3 Å². The normalized spacial score (nSPS) is 21.0. The Morgan fingerprint density at radius 3 is 2.78 bits per heavy atom. The van der Waals surface area contributed by atoms with Crippen molar-refractivity contribution in [3.8, 4) is 10.6 Å². The van der Waals surface area contributed by atoms with Crippen molar-refractivity contribution < 1.29 is 9.59 Å². The summed E-state index contributed by atoms with van der Waals surface area (Å²) in [6.07, 6.45) is 6.81. The average Bonchev–Trinajstić information content (AvgIpc) is 3.58. The predicted molar refractivity (Wildman–Crippen MR) is 124 cm³/mol. The molecule has 7 nitrogen and oxygen atoms in total. The Morgan fingerprint density at radius 2 is 2.06 bits per heavy atom. The molecule has 1 aromatic carbocycles. The highest BCUT2D eigenvalue weighted by Crippen LogP contribution is 2.40. The van der Waals surface area contributed by atoms with E-state index < -0.39 is 0 Å². The Hall–Kier alpha value is -2.55. The summed E-state index contributed by atoms with van der Waals surface area (Å²) in [6.45, 7) is 5.64. The quantitative estimate of drug-likeness (QED) is 0.528. The van der Waals surface area contributed by atoms with Crippen LogP contribution in [0.15, 0.2) is 42.2 Å². The highest BCUT2D eigenvalue weighted by atomic mass is 35.5. The van der Waals surface area contributed by atoms with Gasteiger partial charge in [-0.3, -0.25) is 9.69 Å². The van der Waals surface area contributed by atoms with Crippen molar-refractivity contribution in [1.82, 2.24) is 24.6 Å². The SMILES string of the molecule is CC(=O)c1cnn(C(=O)N2CCC3(CCN(Cc4ccc(-c5nccs5)cc4Cl)C3)C2)c1. The third-order valence-electron chi connectivity index (χ3n) is 6.54. The van der Waals surface area contributed by atoms with Gasteiger partial charge in [-0.2, -0.15) is 9.78 Å². The summed E-state index contributed by atoms with van der Waals surface area (Å²) in [5.74, 6) is -0.0910. The first-order valence-corrected chi connectivity index (χ1v) is 11.9. The van der Waals surface area contributed by atoms with Crippen LogP contribution in [0.2, 0.25) is 5.02 Å². The Kier molecular flexibility index (Phi) is 5.61. The summed E-state index contributed by atoms with van der Waals surface area (Å²) in [7, 11) is 0. The topological polar surface area (TPSA) is 71.3 Å². The maximum Gasteiger partial charge on any atom is 0.344 e. The molecule has 0 aliphatic carbocycles. The van der Waals surface area contributed by atoms with Crippen molar-refractivity contribution in [1.29, 1.82) is 0 Å². The second-order valence-corrected chi connectivity index (χ2v) is 10.1. The van der Waals surface area contributed by atoms with E-state index >= 15 is 0 Å². The molecule has 0 bridgehead atoms. The van der Waals surface area contributed by atoms with Crippen LogP contribution in [0.3, 0.4) is 0 Å². The van der Waals surface area contributed by atoms with Gasteiger partial charge in [0.25, 0.3) is 0 Å². The standard InChI is InChI=1S/C23H24ClN5O2S/c1-16(30)19-11-26-29(13-19)22(31)28-8-5-23(15-28)4-7-27(14-23)12-18-3-2-17(10-20(18)24)21-25-6-9-32-21/h2-3,6,9-11,13H,4-5,7-8,12,14-15H2,1H3. The van der Waals surface area contributed by atoms with Gasteiger partial charge in [-0.15, -0.1) is 11.3 Å². The number of Topliss-reactive ketones (excluding diaryl/α,β-unsaturated/α-hetero) is 1. The molecule has 2 fully saturated rings. The minimum absolute atomic E-state index is 0.0910. The zero-order valence-corrected chi connectivity index (χ0v) is 19.4. The van der Waals surface area contributed by atoms with Crippen LogP contribution in [0.25, 0.3) is 10.6 Å². The lowest BCUT2D eigenvalue weighted by atomic mass is 9.86. The van der Waals surface area contributed by atoms with Gasteiger partial charge in [0, 0.05) is 60.0 Å². The monoisotopic (exact) mass is 469 g/mol. The fraction of sp³-hybridized carbons (Fsp3) is 0.391. The lowest BCUT2D eigenvalue weighted by molar-refractivity contribution is 0.101. The molecule has 0 radical (unpaired) electrons. The van der Waals surface area contributed by atoms with Crippen molar-refractivity contribution in [3.05, 3.63) is 58.3 Å². The fourth-order valence-corrected chi connectivity index (χ4v) is 5.64. The summed E-state index contributed by atoms with van der Waals surface area (Å²) < 4.78 is 1.28. The number of benzene rings is 1. The number of thiazole rings is 1. The van der Waals surface area contributed by atoms with Gasteiger partial charge in [0.1, 0.15) is 5.01 Å². The van der Waals surface area contributed by atoms with Gasteiger partial charge in [-0.1, -0.05) is 23.7 Å². The van der Waals surface area contributed by atoms with Gasteiger partial charge in [0.05, 0.1) is 11.8 Å². The van der Waals surface area contributed by atoms with E-state index in [1.165, 1.54) is 24.0 Å². The highest BCUT2D eigenvalue weighted by Gasteiger charge is 2.45. The van der Waals surface area contributed by atoms with Gasteiger partial charge in [-0.25, -0.2) is 9.78 Å². The Balaban J connectivity index is 1.22. The Labute approximate surface area is 195 Å². The smallest absolute Gasteiger partial charge is 0.322 e. The molecule has 2 aromatic heterocycles. The number of carbonyl (C=O) groups is 2. The molecule has 32 heavy (non-hydrogen) atoms. The molecule has 3 aromatic rings. The molecule has 2 saturated heterocycles. The van der Waals surface area contributed by atoms with Crippen LogP contribution in [-0.2, 0) is 6.54 Å². The molecule has 2 aliphatic rings. The molecule has 1 unspecified atom stereocenters. The van der Waals surface area contributed by atoms with E-state index in [0.717, 1.165) is 53.6 Å². The molecule has 1 spiro atoms. The maximum atomic E-state index is 12.8. The van der Waals surface area contributed by atoms with E-state index in [2.05, 4.69) is 27.1 Å². The molecule has 1 amide bonds. The van der Waals surface area contributed by atoms with Crippen molar-refractivity contribution >= 4 is 34.8 Å². The third kappa shape index (κ3) is 4.10. The van der Waals surface area contributed by atoms with E-state index in [9.17, 15) is 9.59 Å². The summed E-state index contributed by atoms with van der Waals surface area (Å²) in [5.41, 5.74) is 2.72. The Morgan fingerprint density at radius 1 is 1.22 bits per heavy atom. The van der Waals surface area contributed by atoms with Crippen molar-refractivity contribution in [3.63, 3.8) is 0 Å². The first-order valence-electron chi connectivity index (χ1n) is 10.7. The number of hydrogen-bond acceptors (Lipinski definition) is 6. The number of halogens is 1. The van der Waals surface area contributed by atoms with Gasteiger partial charge in [0.2, 0.25) is 0 Å². The zero-order chi connectivity index (χ0) is 22.3. The number of hydrogen-bond donors (Lipinski definition) is 0. The largest absolute Gasteiger partial charge is 0.344 e. The zero-order valence-electron chi connectivity index (χ0n) is 17.8. The van der Waals surface area contributed by atoms with Gasteiger partial charge < -0.3 is 4.90 Å². The van der Waals surface area contributed by atoms with E-state index in [-0.39, 0.29) is 17.2 Å². The predicted octanol–water partition coefficient (Wildman–Crippen LogP) is 4.43. The van der Waals surface area contributed by atoms with Crippen LogP contribution in [0.4, 0.5) is 4.79 Å². The number of aromatic nitrogens is 3. The maximum absolute atomic E-state index is 12.8. The fourth-order valence-electron chi connectivity index (χ4n) is 4.76. The summed E-state index contributed by atoms with van der Waals surface area (Å²) in [5, 5.41) is 7.78. The number of likely N-dealkylation sites (tertiary alicyclic amines) is 2. The molecule has 2 aliphatic heterocycles. The molecule has 166 valence electrons. The highest BCUT2D eigenvalue weighted by molar-refractivity contribution is 7.13. The lowest BCUT2D eigenvalue weighted by Crippen LogP contribution is -2.36. The molecule has 0 saturated carbocycles. The van der Waals surface area contributed by atoms with Gasteiger partial charge in [-0.05, 0) is 37.9 Å². The Bertz CT molecular complexity index is 1160. The molecule has 5 rings (SSSR count). The van der Waals surface area contributed by atoms with Crippen LogP contribution < -0.4 is 0 Å². The van der Waals surface area contributed by atoms with Crippen LogP contribution in [0.5, 0.6) is 0 Å². The molecule has 1 atom stereocenters. The van der Waals surface area contributed by atoms with Crippen LogP contribution in [0.1, 0.15) is 35.7 Å². The second kappa shape index (κ2) is 8.42. The van der Waals surface area contributed by atoms with E-state index in [1.54, 1.807) is 17.5 Å². The van der Waals surface area contributed by atoms with E-state index in [0.29, 0.717) is 18.7 Å². The number of rotatable bonds is 4. The van der Waals surface area contributed by atoms with E-state index in [4.69, 9.17) is 11.6 Å². The number of amides is 1. The summed E-state index contributed by atoms with van der Waals surface area (Å²) in [4.78, 5) is 33.0. The average molecular weight is 470 g/mol. The molecule has 4 heterocycles. The second-order valence-electron chi connectivity index (χ2n) is 8.79. The van der Waals surface area contributed by atoms with Gasteiger partial charge >= 0.3 is 6.03 Å². The summed E-state index contributed by atoms with van der Waals surface area (Å²) >= 11 is 8.20. The van der Waals surface area contributed by atoms with Crippen LogP contribution in [-0.4, -0.2) is 62.6 Å². The molecular weight excluding hydrogens is 446 g/mol.